The second-order valence-corrected chi connectivity index (χ2v) is 9.57. The monoisotopic (exact) mass is 398 g/mol. The van der Waals surface area contributed by atoms with E-state index in [4.69, 9.17) is 0 Å². The molecule has 0 saturated carbocycles. The van der Waals surface area contributed by atoms with Crippen LogP contribution in [-0.4, -0.2) is 38.3 Å². The third kappa shape index (κ3) is 3.47. The fourth-order valence-electron chi connectivity index (χ4n) is 4.14. The standard InChI is InChI=1S/C22H26N2O3S/c1-17-11-12-19(28(26,27)23-13-5-2-6-14-23)16-20(17)22(25)24-15-7-9-18-8-3-4-10-21(18)24/h3-4,8,10-12,16H,2,5-7,9,13-15H2,1H3. The molecule has 2 aromatic carbocycles. The van der Waals surface area contributed by atoms with Crippen LogP contribution in [0.5, 0.6) is 0 Å². The summed E-state index contributed by atoms with van der Waals surface area (Å²) in [4.78, 5) is 15.4. The molecular weight excluding hydrogens is 372 g/mol. The van der Waals surface area contributed by atoms with Crippen molar-refractivity contribution in [3.63, 3.8) is 0 Å². The van der Waals surface area contributed by atoms with Crippen LogP contribution in [0.2, 0.25) is 0 Å². The number of nitrogens with zero attached hydrogens (tertiary/aromatic N) is 2. The Bertz CT molecular complexity index is 995. The molecule has 0 spiro atoms. The Morgan fingerprint density at radius 1 is 0.929 bits per heavy atom. The first-order valence-corrected chi connectivity index (χ1v) is 11.4. The molecule has 0 unspecified atom stereocenters. The third-order valence-corrected chi connectivity index (χ3v) is 7.64. The van der Waals surface area contributed by atoms with E-state index in [-0.39, 0.29) is 10.8 Å². The number of carbonyl (C=O) groups excluding carboxylic acids is 1. The third-order valence-electron chi connectivity index (χ3n) is 5.75. The minimum absolute atomic E-state index is 0.125. The van der Waals surface area contributed by atoms with Crippen LogP contribution in [0, 0.1) is 6.92 Å². The summed E-state index contributed by atoms with van der Waals surface area (Å²) >= 11 is 0. The number of hydrogen-bond donors (Lipinski definition) is 0. The van der Waals surface area contributed by atoms with Crippen LogP contribution < -0.4 is 4.90 Å². The number of amides is 1. The normalized spacial score (nSPS) is 18.0. The summed E-state index contributed by atoms with van der Waals surface area (Å²) in [6.07, 6.45) is 4.72. The van der Waals surface area contributed by atoms with Crippen molar-refractivity contribution in [3.05, 3.63) is 59.2 Å². The molecule has 0 radical (unpaired) electrons. The number of aryl methyl sites for hydroxylation is 2. The van der Waals surface area contributed by atoms with E-state index >= 15 is 0 Å². The van der Waals surface area contributed by atoms with E-state index in [0.29, 0.717) is 25.2 Å². The van der Waals surface area contributed by atoms with Gasteiger partial charge in [0.25, 0.3) is 5.91 Å². The molecule has 2 aromatic rings. The van der Waals surface area contributed by atoms with E-state index < -0.39 is 10.0 Å². The summed E-state index contributed by atoms with van der Waals surface area (Å²) in [6.45, 7) is 3.62. The average molecular weight is 399 g/mol. The highest BCUT2D eigenvalue weighted by molar-refractivity contribution is 7.89. The molecule has 2 aliphatic rings. The first-order valence-electron chi connectivity index (χ1n) is 9.99. The van der Waals surface area contributed by atoms with Crippen LogP contribution in [0.3, 0.4) is 0 Å². The lowest BCUT2D eigenvalue weighted by Gasteiger charge is -2.30. The van der Waals surface area contributed by atoms with Gasteiger partial charge in [-0.2, -0.15) is 4.31 Å². The van der Waals surface area contributed by atoms with Crippen molar-refractivity contribution in [2.45, 2.75) is 43.9 Å². The lowest BCUT2D eigenvalue weighted by atomic mass is 10.00. The van der Waals surface area contributed by atoms with E-state index in [1.807, 2.05) is 25.1 Å². The Labute approximate surface area is 167 Å². The van der Waals surface area contributed by atoms with Crippen LogP contribution >= 0.6 is 0 Å². The number of para-hydroxylation sites is 1. The molecule has 28 heavy (non-hydrogen) atoms. The van der Waals surface area contributed by atoms with Gasteiger partial charge in [0.2, 0.25) is 10.0 Å². The first-order chi connectivity index (χ1) is 13.5. The van der Waals surface area contributed by atoms with Crippen molar-refractivity contribution in [1.29, 1.82) is 0 Å². The van der Waals surface area contributed by atoms with Crippen molar-refractivity contribution in [3.8, 4) is 0 Å². The van der Waals surface area contributed by atoms with Crippen LogP contribution in [0.25, 0.3) is 0 Å². The fourth-order valence-corrected chi connectivity index (χ4v) is 5.68. The number of anilines is 1. The Balaban J connectivity index is 1.69. The number of carbonyl (C=O) groups is 1. The number of piperidine rings is 1. The molecule has 0 N–H and O–H groups in total. The van der Waals surface area contributed by atoms with Gasteiger partial charge in [0.1, 0.15) is 0 Å². The minimum atomic E-state index is -3.56. The van der Waals surface area contributed by atoms with Crippen molar-refractivity contribution in [1.82, 2.24) is 4.31 Å². The summed E-state index contributed by atoms with van der Waals surface area (Å²) in [7, 11) is -3.56. The molecule has 0 aliphatic carbocycles. The van der Waals surface area contributed by atoms with Crippen LogP contribution in [-0.2, 0) is 16.4 Å². The molecule has 5 nitrogen and oxygen atoms in total. The van der Waals surface area contributed by atoms with Gasteiger partial charge >= 0.3 is 0 Å². The van der Waals surface area contributed by atoms with E-state index in [2.05, 4.69) is 6.07 Å². The second-order valence-electron chi connectivity index (χ2n) is 7.63. The molecule has 148 valence electrons. The van der Waals surface area contributed by atoms with Gasteiger partial charge in [0.05, 0.1) is 4.90 Å². The number of rotatable bonds is 3. The maximum absolute atomic E-state index is 13.4. The molecule has 6 heteroatoms. The predicted octanol–water partition coefficient (Wildman–Crippen LogP) is 3.76. The molecule has 2 aliphatic heterocycles. The number of sulfonamides is 1. The zero-order valence-electron chi connectivity index (χ0n) is 16.2. The summed E-state index contributed by atoms with van der Waals surface area (Å²) in [6, 6.07) is 12.9. The first kappa shape index (κ1) is 19.2. The maximum Gasteiger partial charge on any atom is 0.258 e. The van der Waals surface area contributed by atoms with Crippen molar-refractivity contribution >= 4 is 21.6 Å². The number of hydrogen-bond acceptors (Lipinski definition) is 3. The van der Waals surface area contributed by atoms with Crippen LogP contribution in [0.4, 0.5) is 5.69 Å². The quantitative estimate of drug-likeness (QED) is 0.791. The maximum atomic E-state index is 13.4. The predicted molar refractivity (Wildman–Crippen MR) is 110 cm³/mol. The van der Waals surface area contributed by atoms with Crippen molar-refractivity contribution in [2.24, 2.45) is 0 Å². The van der Waals surface area contributed by atoms with E-state index in [1.165, 1.54) is 0 Å². The van der Waals surface area contributed by atoms with Gasteiger partial charge < -0.3 is 4.90 Å². The van der Waals surface area contributed by atoms with Crippen LogP contribution in [0.15, 0.2) is 47.4 Å². The summed E-state index contributed by atoms with van der Waals surface area (Å²) in [5, 5.41) is 0. The van der Waals surface area contributed by atoms with Gasteiger partial charge in [0, 0.05) is 30.9 Å². The zero-order valence-corrected chi connectivity index (χ0v) is 17.0. The highest BCUT2D eigenvalue weighted by atomic mass is 32.2. The molecule has 2 heterocycles. The fraction of sp³-hybridized carbons (Fsp3) is 0.409. The van der Waals surface area contributed by atoms with Gasteiger partial charge in [0.15, 0.2) is 0 Å². The van der Waals surface area contributed by atoms with Gasteiger partial charge in [-0.1, -0.05) is 30.7 Å². The zero-order chi connectivity index (χ0) is 19.7. The molecule has 1 amide bonds. The van der Waals surface area contributed by atoms with Crippen molar-refractivity contribution < 1.29 is 13.2 Å². The Kier molecular flexibility index (Phi) is 5.25. The van der Waals surface area contributed by atoms with Crippen LogP contribution in [0.1, 0.15) is 47.2 Å². The lowest BCUT2D eigenvalue weighted by Crippen LogP contribution is -2.37. The summed E-state index contributed by atoms with van der Waals surface area (Å²) in [5.74, 6) is -0.125. The topological polar surface area (TPSA) is 57.7 Å². The van der Waals surface area contributed by atoms with E-state index in [0.717, 1.165) is 48.9 Å². The Morgan fingerprint density at radius 3 is 2.46 bits per heavy atom. The SMILES string of the molecule is Cc1ccc(S(=O)(=O)N2CCCCC2)cc1C(=O)N1CCCc2ccccc21. The molecule has 0 atom stereocenters. The van der Waals surface area contributed by atoms with Gasteiger partial charge in [-0.25, -0.2) is 8.42 Å². The van der Waals surface area contributed by atoms with Gasteiger partial charge in [-0.3, -0.25) is 4.79 Å². The second kappa shape index (κ2) is 7.68. The Hall–Kier alpha value is -2.18. The molecule has 1 fully saturated rings. The molecule has 4 rings (SSSR count). The summed E-state index contributed by atoms with van der Waals surface area (Å²) < 4.78 is 27.6. The number of fused-ring (bicyclic) bond motifs is 1. The van der Waals surface area contributed by atoms with Gasteiger partial charge in [-0.15, -0.1) is 0 Å². The van der Waals surface area contributed by atoms with E-state index in [1.54, 1.807) is 27.4 Å². The molecule has 0 aromatic heterocycles. The van der Waals surface area contributed by atoms with Crippen molar-refractivity contribution in [2.75, 3.05) is 24.5 Å². The number of benzene rings is 2. The minimum Gasteiger partial charge on any atom is -0.308 e. The smallest absolute Gasteiger partial charge is 0.258 e. The average Bonchev–Trinajstić information content (AvgIpc) is 2.73. The lowest BCUT2D eigenvalue weighted by molar-refractivity contribution is 0.0984. The van der Waals surface area contributed by atoms with E-state index in [9.17, 15) is 13.2 Å². The highest BCUT2D eigenvalue weighted by Gasteiger charge is 2.29. The molecular formula is C22H26N2O3S. The molecule has 1 saturated heterocycles. The Morgan fingerprint density at radius 2 is 1.68 bits per heavy atom. The van der Waals surface area contributed by atoms with Gasteiger partial charge in [-0.05, 0) is 61.9 Å². The largest absolute Gasteiger partial charge is 0.308 e. The molecule has 0 bridgehead atoms. The highest BCUT2D eigenvalue weighted by Crippen LogP contribution is 2.30. The summed E-state index contributed by atoms with van der Waals surface area (Å²) in [5.41, 5.74) is 3.36.